The van der Waals surface area contributed by atoms with E-state index in [1.165, 1.54) is 25.0 Å². The second-order valence-electron chi connectivity index (χ2n) is 2.97. The van der Waals surface area contributed by atoms with Crippen molar-refractivity contribution >= 4 is 0 Å². The first kappa shape index (κ1) is 5.90. The molecule has 0 atom stereocenters. The van der Waals surface area contributed by atoms with Gasteiger partial charge in [0.1, 0.15) is 0 Å². The first-order valence-electron chi connectivity index (χ1n) is 3.85. The normalized spacial score (nSPS) is 17.2. The average Bonchev–Trinajstić information content (AvgIpc) is 2.74. The van der Waals surface area contributed by atoms with Gasteiger partial charge in [-0.3, -0.25) is 4.98 Å². The van der Waals surface area contributed by atoms with Crippen molar-refractivity contribution in [1.29, 1.82) is 0 Å². The van der Waals surface area contributed by atoms with Crippen LogP contribution in [0, 0.1) is 5.92 Å². The fraction of sp³-hybridized carbons (Fsp3) is 0.444. The third kappa shape index (κ3) is 1.35. The quantitative estimate of drug-likeness (QED) is 0.601. The van der Waals surface area contributed by atoms with Crippen molar-refractivity contribution in [1.82, 2.24) is 4.98 Å². The molecule has 2 rings (SSSR count). The summed E-state index contributed by atoms with van der Waals surface area (Å²) in [5.41, 5.74) is 1.25. The molecule has 0 bridgehead atoms. The molecule has 0 aliphatic heterocycles. The standard InChI is InChI=1S/C9H11N/c1-2-6-10-9(3-1)7-8-4-5-8/h1-3,6,8H,4-5,7H2. The van der Waals surface area contributed by atoms with Gasteiger partial charge in [-0.2, -0.15) is 0 Å². The maximum Gasteiger partial charge on any atom is 0.0406 e. The second-order valence-corrected chi connectivity index (χ2v) is 2.97. The van der Waals surface area contributed by atoms with Crippen LogP contribution in [0.2, 0.25) is 0 Å². The van der Waals surface area contributed by atoms with Gasteiger partial charge in [0, 0.05) is 11.9 Å². The Morgan fingerprint density at radius 1 is 1.40 bits per heavy atom. The third-order valence-corrected chi connectivity index (χ3v) is 1.92. The molecule has 0 radical (unpaired) electrons. The number of aromatic nitrogens is 1. The molecular weight excluding hydrogens is 122 g/mol. The number of nitrogens with zero attached hydrogens (tertiary/aromatic N) is 1. The van der Waals surface area contributed by atoms with Gasteiger partial charge in [0.05, 0.1) is 0 Å². The lowest BCUT2D eigenvalue weighted by Crippen LogP contribution is -1.88. The van der Waals surface area contributed by atoms with Gasteiger partial charge in [-0.05, 0) is 37.3 Å². The van der Waals surface area contributed by atoms with E-state index in [1.807, 2.05) is 12.3 Å². The van der Waals surface area contributed by atoms with E-state index in [-0.39, 0.29) is 0 Å². The Kier molecular flexibility index (Phi) is 1.42. The second kappa shape index (κ2) is 2.41. The lowest BCUT2D eigenvalue weighted by molar-refractivity contribution is 0.804. The highest BCUT2D eigenvalue weighted by Gasteiger charge is 2.21. The van der Waals surface area contributed by atoms with Gasteiger partial charge in [0.15, 0.2) is 0 Å². The summed E-state index contributed by atoms with van der Waals surface area (Å²) >= 11 is 0. The maximum atomic E-state index is 4.26. The van der Waals surface area contributed by atoms with Gasteiger partial charge >= 0.3 is 0 Å². The van der Waals surface area contributed by atoms with Crippen LogP contribution in [0.15, 0.2) is 24.4 Å². The minimum Gasteiger partial charge on any atom is -0.261 e. The number of hydrogen-bond donors (Lipinski definition) is 0. The molecule has 1 aliphatic carbocycles. The molecule has 1 aromatic heterocycles. The Morgan fingerprint density at radius 2 is 2.30 bits per heavy atom. The maximum absolute atomic E-state index is 4.26. The lowest BCUT2D eigenvalue weighted by Gasteiger charge is -1.94. The summed E-state index contributed by atoms with van der Waals surface area (Å²) < 4.78 is 0. The van der Waals surface area contributed by atoms with E-state index in [0.29, 0.717) is 0 Å². The van der Waals surface area contributed by atoms with Gasteiger partial charge in [-0.1, -0.05) is 6.07 Å². The van der Waals surface area contributed by atoms with E-state index < -0.39 is 0 Å². The summed E-state index contributed by atoms with van der Waals surface area (Å²) in [4.78, 5) is 4.26. The summed E-state index contributed by atoms with van der Waals surface area (Å²) in [6.45, 7) is 0. The highest BCUT2D eigenvalue weighted by atomic mass is 14.7. The molecule has 0 N–H and O–H groups in total. The van der Waals surface area contributed by atoms with Crippen LogP contribution in [0.5, 0.6) is 0 Å². The van der Waals surface area contributed by atoms with Gasteiger partial charge in [0.25, 0.3) is 0 Å². The number of pyridine rings is 1. The van der Waals surface area contributed by atoms with Crippen LogP contribution in [-0.4, -0.2) is 4.98 Å². The summed E-state index contributed by atoms with van der Waals surface area (Å²) in [7, 11) is 0. The van der Waals surface area contributed by atoms with Gasteiger partial charge in [-0.15, -0.1) is 0 Å². The molecule has 52 valence electrons. The Bertz CT molecular complexity index is 201. The minimum absolute atomic E-state index is 0.954. The highest BCUT2D eigenvalue weighted by Crippen LogP contribution is 2.31. The van der Waals surface area contributed by atoms with Crippen molar-refractivity contribution in [3.8, 4) is 0 Å². The first-order chi connectivity index (χ1) is 4.95. The predicted molar refractivity (Wildman–Crippen MR) is 40.7 cm³/mol. The third-order valence-electron chi connectivity index (χ3n) is 1.92. The first-order valence-corrected chi connectivity index (χ1v) is 3.85. The van der Waals surface area contributed by atoms with E-state index in [0.717, 1.165) is 5.92 Å². The van der Waals surface area contributed by atoms with Crippen molar-refractivity contribution in [2.24, 2.45) is 5.92 Å². The fourth-order valence-corrected chi connectivity index (χ4v) is 1.14. The van der Waals surface area contributed by atoms with Gasteiger partial charge < -0.3 is 0 Å². The summed E-state index contributed by atoms with van der Waals surface area (Å²) in [5, 5.41) is 0. The SMILES string of the molecule is c1ccc(CC2CC2)nc1. The smallest absolute Gasteiger partial charge is 0.0406 e. The van der Waals surface area contributed by atoms with Crippen molar-refractivity contribution < 1.29 is 0 Å². The van der Waals surface area contributed by atoms with Crippen LogP contribution in [0.3, 0.4) is 0 Å². The van der Waals surface area contributed by atoms with E-state index in [4.69, 9.17) is 0 Å². The van der Waals surface area contributed by atoms with Gasteiger partial charge in [-0.25, -0.2) is 0 Å². The monoisotopic (exact) mass is 133 g/mol. The van der Waals surface area contributed by atoms with Crippen LogP contribution in [-0.2, 0) is 6.42 Å². The van der Waals surface area contributed by atoms with E-state index in [1.54, 1.807) is 0 Å². The largest absolute Gasteiger partial charge is 0.261 e. The number of hydrogen-bond acceptors (Lipinski definition) is 1. The molecule has 10 heavy (non-hydrogen) atoms. The molecule has 1 aromatic rings. The average molecular weight is 133 g/mol. The Morgan fingerprint density at radius 3 is 2.90 bits per heavy atom. The molecule has 1 nitrogen and oxygen atoms in total. The molecule has 0 amide bonds. The topological polar surface area (TPSA) is 12.9 Å². The molecular formula is C9H11N. The summed E-state index contributed by atoms with van der Waals surface area (Å²) in [6.07, 6.45) is 5.89. The van der Waals surface area contributed by atoms with E-state index in [2.05, 4.69) is 17.1 Å². The highest BCUT2D eigenvalue weighted by molar-refractivity contribution is 5.05. The van der Waals surface area contributed by atoms with Crippen LogP contribution in [0.25, 0.3) is 0 Å². The molecule has 0 saturated heterocycles. The zero-order chi connectivity index (χ0) is 6.81. The minimum atomic E-state index is 0.954. The van der Waals surface area contributed by atoms with Crippen LogP contribution >= 0.6 is 0 Å². The molecule has 0 aromatic carbocycles. The van der Waals surface area contributed by atoms with Crippen LogP contribution in [0.1, 0.15) is 18.5 Å². The molecule has 1 heterocycles. The Balaban J connectivity index is 2.03. The van der Waals surface area contributed by atoms with Gasteiger partial charge in [0.2, 0.25) is 0 Å². The van der Waals surface area contributed by atoms with Crippen LogP contribution < -0.4 is 0 Å². The van der Waals surface area contributed by atoms with Crippen molar-refractivity contribution in [3.05, 3.63) is 30.1 Å². The number of rotatable bonds is 2. The molecule has 1 fully saturated rings. The molecule has 1 aliphatic rings. The predicted octanol–water partition coefficient (Wildman–Crippen LogP) is 2.03. The summed E-state index contributed by atoms with van der Waals surface area (Å²) in [5.74, 6) is 0.954. The Hall–Kier alpha value is -0.850. The van der Waals surface area contributed by atoms with Crippen LogP contribution in [0.4, 0.5) is 0 Å². The molecule has 1 heteroatoms. The van der Waals surface area contributed by atoms with Crippen molar-refractivity contribution in [2.75, 3.05) is 0 Å². The zero-order valence-corrected chi connectivity index (χ0v) is 5.96. The fourth-order valence-electron chi connectivity index (χ4n) is 1.14. The molecule has 0 spiro atoms. The Labute approximate surface area is 61.1 Å². The molecule has 0 unspecified atom stereocenters. The lowest BCUT2D eigenvalue weighted by atomic mass is 10.2. The van der Waals surface area contributed by atoms with E-state index in [9.17, 15) is 0 Å². The zero-order valence-electron chi connectivity index (χ0n) is 5.96. The summed E-state index contributed by atoms with van der Waals surface area (Å²) in [6, 6.07) is 6.14. The van der Waals surface area contributed by atoms with Crippen molar-refractivity contribution in [2.45, 2.75) is 19.3 Å². The van der Waals surface area contributed by atoms with Crippen molar-refractivity contribution in [3.63, 3.8) is 0 Å². The van der Waals surface area contributed by atoms with E-state index >= 15 is 0 Å². The molecule has 1 saturated carbocycles.